The minimum Gasteiger partial charge on any atom is -0.395 e. The molecule has 2 N–H and O–H groups in total. The molecule has 2 aliphatic rings. The van der Waals surface area contributed by atoms with Crippen molar-refractivity contribution in [3.05, 3.63) is 30.3 Å². The molecule has 0 bridgehead atoms. The van der Waals surface area contributed by atoms with Gasteiger partial charge in [0.25, 0.3) is 0 Å². The van der Waals surface area contributed by atoms with Crippen molar-refractivity contribution in [1.82, 2.24) is 9.80 Å². The van der Waals surface area contributed by atoms with Gasteiger partial charge in [0.15, 0.2) is 0 Å². The molecule has 5 nitrogen and oxygen atoms in total. The molecule has 126 valence electrons. The Morgan fingerprint density at radius 2 is 1.78 bits per heavy atom. The second-order valence-electron chi connectivity index (χ2n) is 6.65. The summed E-state index contributed by atoms with van der Waals surface area (Å²) in [6.45, 7) is 3.75. The average Bonchev–Trinajstić information content (AvgIpc) is 3.18. The summed E-state index contributed by atoms with van der Waals surface area (Å²) >= 11 is 0. The van der Waals surface area contributed by atoms with E-state index in [0.717, 1.165) is 44.6 Å². The van der Waals surface area contributed by atoms with E-state index in [2.05, 4.69) is 15.1 Å². The van der Waals surface area contributed by atoms with Crippen LogP contribution >= 0.6 is 0 Å². The third-order valence-electron chi connectivity index (χ3n) is 5.06. The van der Waals surface area contributed by atoms with E-state index < -0.39 is 0 Å². The Hall–Kier alpha value is -1.43. The molecule has 0 aromatic heterocycles. The zero-order chi connectivity index (χ0) is 16.1. The summed E-state index contributed by atoms with van der Waals surface area (Å²) in [4.78, 5) is 17.0. The molecule has 2 saturated heterocycles. The Morgan fingerprint density at radius 1 is 1.09 bits per heavy atom. The number of para-hydroxylation sites is 1. The summed E-state index contributed by atoms with van der Waals surface area (Å²) in [6.07, 6.45) is 4.57. The van der Waals surface area contributed by atoms with Crippen LogP contribution < -0.4 is 5.32 Å². The van der Waals surface area contributed by atoms with Crippen LogP contribution in [0.1, 0.15) is 25.7 Å². The predicted octanol–water partition coefficient (Wildman–Crippen LogP) is 1.55. The number of nitrogens with one attached hydrogen (secondary N) is 1. The van der Waals surface area contributed by atoms with Crippen LogP contribution in [0.4, 0.5) is 5.69 Å². The topological polar surface area (TPSA) is 55.8 Å². The number of nitrogens with zero attached hydrogens (tertiary/aromatic N) is 2. The Morgan fingerprint density at radius 3 is 2.52 bits per heavy atom. The molecule has 0 spiro atoms. The van der Waals surface area contributed by atoms with Gasteiger partial charge < -0.3 is 10.4 Å². The van der Waals surface area contributed by atoms with Crippen LogP contribution in [0.2, 0.25) is 0 Å². The summed E-state index contributed by atoms with van der Waals surface area (Å²) in [7, 11) is 0. The quantitative estimate of drug-likeness (QED) is 0.836. The first kappa shape index (κ1) is 16.4. The van der Waals surface area contributed by atoms with Gasteiger partial charge >= 0.3 is 0 Å². The van der Waals surface area contributed by atoms with Crippen molar-refractivity contribution in [3.8, 4) is 0 Å². The van der Waals surface area contributed by atoms with Gasteiger partial charge in [0.05, 0.1) is 13.2 Å². The lowest BCUT2D eigenvalue weighted by Gasteiger charge is -2.30. The minimum absolute atomic E-state index is 0.0585. The lowest BCUT2D eigenvalue weighted by molar-refractivity contribution is -0.117. The van der Waals surface area contributed by atoms with Crippen LogP contribution in [0.25, 0.3) is 0 Å². The van der Waals surface area contributed by atoms with E-state index in [4.69, 9.17) is 0 Å². The maximum Gasteiger partial charge on any atom is 0.238 e. The lowest BCUT2D eigenvalue weighted by atomic mass is 10.2. The van der Waals surface area contributed by atoms with E-state index in [-0.39, 0.29) is 12.5 Å². The van der Waals surface area contributed by atoms with E-state index in [1.807, 2.05) is 30.3 Å². The summed E-state index contributed by atoms with van der Waals surface area (Å²) in [6, 6.07) is 10.4. The average molecular weight is 317 g/mol. The van der Waals surface area contributed by atoms with Crippen LogP contribution in [-0.2, 0) is 4.79 Å². The maximum atomic E-state index is 12.3. The third kappa shape index (κ3) is 4.31. The molecule has 0 saturated carbocycles. The van der Waals surface area contributed by atoms with E-state index in [1.165, 1.54) is 6.42 Å². The highest BCUT2D eigenvalue weighted by atomic mass is 16.3. The summed E-state index contributed by atoms with van der Waals surface area (Å²) in [5.41, 5.74) is 0.855. The zero-order valence-corrected chi connectivity index (χ0v) is 13.7. The number of rotatable bonds is 6. The van der Waals surface area contributed by atoms with Crippen molar-refractivity contribution in [1.29, 1.82) is 0 Å². The molecule has 3 rings (SSSR count). The fourth-order valence-electron chi connectivity index (χ4n) is 3.83. The normalized spacial score (nSPS) is 25.8. The Labute approximate surface area is 138 Å². The third-order valence-corrected chi connectivity index (χ3v) is 5.06. The van der Waals surface area contributed by atoms with E-state index in [1.54, 1.807) is 0 Å². The number of carbonyl (C=O) groups excluding carboxylic acids is 1. The highest BCUT2D eigenvalue weighted by molar-refractivity contribution is 5.92. The van der Waals surface area contributed by atoms with Gasteiger partial charge in [-0.2, -0.15) is 0 Å². The monoisotopic (exact) mass is 317 g/mol. The fraction of sp³-hybridized carbons (Fsp3) is 0.611. The van der Waals surface area contributed by atoms with Gasteiger partial charge in [-0.15, -0.1) is 0 Å². The molecule has 5 heteroatoms. The first-order valence-corrected chi connectivity index (χ1v) is 8.70. The molecule has 2 fully saturated rings. The molecule has 1 aromatic carbocycles. The molecule has 1 amide bonds. The van der Waals surface area contributed by atoms with Gasteiger partial charge in [0.1, 0.15) is 0 Å². The Balaban J connectivity index is 1.51. The highest BCUT2D eigenvalue weighted by Gasteiger charge is 2.31. The predicted molar refractivity (Wildman–Crippen MR) is 91.3 cm³/mol. The molecule has 2 heterocycles. The second kappa shape index (κ2) is 7.90. The molecule has 2 aliphatic heterocycles. The zero-order valence-electron chi connectivity index (χ0n) is 13.7. The molecule has 0 aliphatic carbocycles. The van der Waals surface area contributed by atoms with Gasteiger partial charge in [0.2, 0.25) is 5.91 Å². The molecular formula is C18H27N3O2. The number of carbonyl (C=O) groups is 1. The lowest BCUT2D eigenvalue weighted by Crippen LogP contribution is -2.45. The molecular weight excluding hydrogens is 290 g/mol. The SMILES string of the molecule is O=C(CN1CCC[C@H]1CN1CCC[C@@H]1CO)Nc1ccccc1. The fourth-order valence-corrected chi connectivity index (χ4v) is 3.83. The Bertz CT molecular complexity index is 508. The van der Waals surface area contributed by atoms with Crippen LogP contribution in [0, 0.1) is 0 Å². The first-order valence-electron chi connectivity index (χ1n) is 8.70. The van der Waals surface area contributed by atoms with Crippen LogP contribution in [-0.4, -0.2) is 65.7 Å². The summed E-state index contributed by atoms with van der Waals surface area (Å²) in [5.74, 6) is 0.0585. The maximum absolute atomic E-state index is 12.3. The van der Waals surface area contributed by atoms with Crippen molar-refractivity contribution >= 4 is 11.6 Å². The standard InChI is InChI=1S/C18H27N3O2/c22-14-17-9-5-10-20(17)12-16-8-4-11-21(16)13-18(23)19-15-6-2-1-3-7-15/h1-3,6-7,16-17,22H,4-5,8-14H2,(H,19,23)/t16-,17+/m0/s1. The Kier molecular flexibility index (Phi) is 5.65. The van der Waals surface area contributed by atoms with Crippen molar-refractivity contribution in [2.24, 2.45) is 0 Å². The van der Waals surface area contributed by atoms with Gasteiger partial charge in [-0.05, 0) is 50.9 Å². The number of anilines is 1. The van der Waals surface area contributed by atoms with Crippen LogP contribution in [0.3, 0.4) is 0 Å². The smallest absolute Gasteiger partial charge is 0.238 e. The number of hydrogen-bond acceptors (Lipinski definition) is 4. The number of aliphatic hydroxyl groups is 1. The van der Waals surface area contributed by atoms with Gasteiger partial charge in [-0.1, -0.05) is 18.2 Å². The van der Waals surface area contributed by atoms with Crippen LogP contribution in [0.5, 0.6) is 0 Å². The number of amides is 1. The van der Waals surface area contributed by atoms with Gasteiger partial charge in [-0.3, -0.25) is 14.6 Å². The van der Waals surface area contributed by atoms with E-state index in [9.17, 15) is 9.90 Å². The van der Waals surface area contributed by atoms with E-state index >= 15 is 0 Å². The van der Waals surface area contributed by atoms with Crippen molar-refractivity contribution in [3.63, 3.8) is 0 Å². The number of hydrogen-bond donors (Lipinski definition) is 2. The summed E-state index contributed by atoms with van der Waals surface area (Å²) in [5, 5.41) is 12.4. The molecule has 2 atom stereocenters. The van der Waals surface area contributed by atoms with Gasteiger partial charge in [-0.25, -0.2) is 0 Å². The molecule has 23 heavy (non-hydrogen) atoms. The van der Waals surface area contributed by atoms with Crippen molar-refractivity contribution in [2.45, 2.75) is 37.8 Å². The number of likely N-dealkylation sites (tertiary alicyclic amines) is 2. The van der Waals surface area contributed by atoms with Gasteiger partial charge in [0, 0.05) is 24.3 Å². The van der Waals surface area contributed by atoms with Crippen LogP contribution in [0.15, 0.2) is 30.3 Å². The molecule has 0 unspecified atom stereocenters. The van der Waals surface area contributed by atoms with Crippen molar-refractivity contribution < 1.29 is 9.90 Å². The molecule has 1 aromatic rings. The highest BCUT2D eigenvalue weighted by Crippen LogP contribution is 2.23. The minimum atomic E-state index is 0.0585. The summed E-state index contributed by atoms with van der Waals surface area (Å²) < 4.78 is 0. The second-order valence-corrected chi connectivity index (χ2v) is 6.65. The molecule has 0 radical (unpaired) electrons. The number of aliphatic hydroxyl groups excluding tert-OH is 1. The first-order chi connectivity index (χ1) is 11.3. The van der Waals surface area contributed by atoms with E-state index in [0.29, 0.717) is 18.6 Å². The largest absolute Gasteiger partial charge is 0.395 e. The number of benzene rings is 1. The van der Waals surface area contributed by atoms with Crippen molar-refractivity contribution in [2.75, 3.05) is 38.1 Å².